The molecule has 0 aliphatic carbocycles. The normalized spacial score (nSPS) is 16.7. The molecule has 1 aromatic heterocycles. The molecule has 0 bridgehead atoms. The van der Waals surface area contributed by atoms with Gasteiger partial charge in [-0.15, -0.1) is 0 Å². The SMILES string of the molecule is O=C(CCCn1c(SCC(=O)NC[C@H]2CCCO2)nc2cc3c(cc2c1=O)OCO3)NCc1ccc2c(c1)OCO2. The number of thioether (sulfide) groups is 1. The maximum absolute atomic E-state index is 13.5. The van der Waals surface area contributed by atoms with Gasteiger partial charge < -0.3 is 34.3 Å². The molecule has 1 saturated heterocycles. The first kappa shape index (κ1) is 27.2. The zero-order valence-electron chi connectivity index (χ0n) is 22.3. The van der Waals surface area contributed by atoms with E-state index in [1.165, 1.54) is 16.3 Å². The molecule has 3 aliphatic rings. The Morgan fingerprint density at radius 2 is 1.76 bits per heavy atom. The molecule has 12 nitrogen and oxygen atoms in total. The summed E-state index contributed by atoms with van der Waals surface area (Å²) in [4.78, 5) is 43.3. The van der Waals surface area contributed by atoms with E-state index in [9.17, 15) is 14.4 Å². The number of nitrogens with zero attached hydrogens (tertiary/aromatic N) is 2. The number of aromatic nitrogens is 2. The van der Waals surface area contributed by atoms with E-state index in [1.54, 1.807) is 12.1 Å². The van der Waals surface area contributed by atoms with Gasteiger partial charge in [-0.3, -0.25) is 19.0 Å². The molecule has 3 aliphatic heterocycles. The van der Waals surface area contributed by atoms with Crippen LogP contribution in [0, 0.1) is 0 Å². The fraction of sp³-hybridized carbons (Fsp3) is 0.429. The van der Waals surface area contributed by atoms with Crippen LogP contribution in [0.25, 0.3) is 10.9 Å². The van der Waals surface area contributed by atoms with Crippen molar-refractivity contribution in [3.05, 3.63) is 46.2 Å². The van der Waals surface area contributed by atoms with Crippen molar-refractivity contribution in [1.29, 1.82) is 0 Å². The van der Waals surface area contributed by atoms with Crippen molar-refractivity contribution >= 4 is 34.5 Å². The summed E-state index contributed by atoms with van der Waals surface area (Å²) in [5.41, 5.74) is 1.09. The standard InChI is InChI=1S/C28H30N4O8S/c33-25(29-12-17-5-6-21-22(9-17)38-15-37-21)4-1-7-32-27(35)19-10-23-24(40-16-39-23)11-20(19)31-28(32)41-14-26(34)30-13-18-3-2-8-36-18/h5-6,9-11,18H,1-4,7-8,12-16H2,(H,29,33)(H,30,34)/t18-/m1/s1. The second-order valence-electron chi connectivity index (χ2n) is 9.87. The van der Waals surface area contributed by atoms with Crippen LogP contribution in [0.15, 0.2) is 40.3 Å². The van der Waals surface area contributed by atoms with E-state index in [-0.39, 0.29) is 55.8 Å². The third-order valence-corrected chi connectivity index (χ3v) is 7.99. The number of amides is 2. The third-order valence-electron chi connectivity index (χ3n) is 7.01. The van der Waals surface area contributed by atoms with Crippen molar-refractivity contribution in [2.75, 3.05) is 32.5 Å². The number of benzene rings is 2. The Hall–Kier alpha value is -3.97. The van der Waals surface area contributed by atoms with Crippen LogP contribution in [0.1, 0.15) is 31.2 Å². The smallest absolute Gasteiger partial charge is 0.262 e. The Morgan fingerprint density at radius 1 is 0.976 bits per heavy atom. The number of hydrogen-bond donors (Lipinski definition) is 2. The number of fused-ring (bicyclic) bond motifs is 3. The topological polar surface area (TPSA) is 139 Å². The second kappa shape index (κ2) is 12.3. The number of nitrogens with one attached hydrogen (secondary N) is 2. The van der Waals surface area contributed by atoms with Crippen molar-refractivity contribution < 1.29 is 33.3 Å². The van der Waals surface area contributed by atoms with E-state index in [2.05, 4.69) is 15.6 Å². The quantitative estimate of drug-likeness (QED) is 0.256. The summed E-state index contributed by atoms with van der Waals surface area (Å²) in [7, 11) is 0. The van der Waals surface area contributed by atoms with Gasteiger partial charge in [0.05, 0.1) is 22.8 Å². The van der Waals surface area contributed by atoms with E-state index in [4.69, 9.17) is 23.7 Å². The Bertz CT molecular complexity index is 1520. The highest BCUT2D eigenvalue weighted by Gasteiger charge is 2.21. The Morgan fingerprint density at radius 3 is 2.56 bits per heavy atom. The zero-order chi connectivity index (χ0) is 28.2. The lowest BCUT2D eigenvalue weighted by Crippen LogP contribution is -2.33. The molecule has 6 rings (SSSR count). The van der Waals surface area contributed by atoms with Crippen molar-refractivity contribution in [2.24, 2.45) is 0 Å². The first-order valence-electron chi connectivity index (χ1n) is 13.5. The monoisotopic (exact) mass is 582 g/mol. The molecule has 3 aromatic rings. The number of carbonyl (C=O) groups excluding carboxylic acids is 2. The van der Waals surface area contributed by atoms with Gasteiger partial charge in [-0.1, -0.05) is 17.8 Å². The number of ether oxygens (including phenoxy) is 5. The van der Waals surface area contributed by atoms with Gasteiger partial charge in [0.2, 0.25) is 25.4 Å². The second-order valence-corrected chi connectivity index (χ2v) is 10.8. The molecule has 216 valence electrons. The van der Waals surface area contributed by atoms with Gasteiger partial charge in [0.25, 0.3) is 5.56 Å². The Kier molecular flexibility index (Phi) is 8.14. The molecule has 2 amide bonds. The third kappa shape index (κ3) is 6.35. The summed E-state index contributed by atoms with van der Waals surface area (Å²) in [6, 6.07) is 8.84. The van der Waals surface area contributed by atoms with Crippen LogP contribution in [0.4, 0.5) is 0 Å². The maximum atomic E-state index is 13.5. The lowest BCUT2D eigenvalue weighted by Gasteiger charge is -2.14. The van der Waals surface area contributed by atoms with E-state index in [0.29, 0.717) is 58.6 Å². The number of hydrogen-bond acceptors (Lipinski definition) is 10. The Labute approximate surface area is 239 Å². The highest BCUT2D eigenvalue weighted by atomic mass is 32.2. The van der Waals surface area contributed by atoms with Gasteiger partial charge >= 0.3 is 0 Å². The van der Waals surface area contributed by atoms with Gasteiger partial charge in [-0.05, 0) is 43.0 Å². The van der Waals surface area contributed by atoms with E-state index >= 15 is 0 Å². The first-order valence-corrected chi connectivity index (χ1v) is 14.5. The summed E-state index contributed by atoms with van der Waals surface area (Å²) in [5.74, 6) is 2.13. The van der Waals surface area contributed by atoms with E-state index in [0.717, 1.165) is 25.0 Å². The molecule has 13 heteroatoms. The number of rotatable bonds is 11. The van der Waals surface area contributed by atoms with Crippen molar-refractivity contribution in [2.45, 2.75) is 50.0 Å². The van der Waals surface area contributed by atoms with Gasteiger partial charge in [0.1, 0.15) is 0 Å². The molecule has 0 spiro atoms. The highest BCUT2D eigenvalue weighted by molar-refractivity contribution is 7.99. The molecule has 1 fully saturated rings. The van der Waals surface area contributed by atoms with Crippen LogP contribution in [-0.2, 0) is 27.4 Å². The number of carbonyl (C=O) groups is 2. The Balaban J connectivity index is 1.10. The molecule has 4 heterocycles. The van der Waals surface area contributed by atoms with Crippen LogP contribution in [-0.4, -0.2) is 60.0 Å². The summed E-state index contributed by atoms with van der Waals surface area (Å²) in [6.45, 7) is 2.06. The largest absolute Gasteiger partial charge is 0.454 e. The van der Waals surface area contributed by atoms with Crippen LogP contribution in [0.5, 0.6) is 23.0 Å². The van der Waals surface area contributed by atoms with Gasteiger partial charge in [0, 0.05) is 38.7 Å². The average molecular weight is 583 g/mol. The van der Waals surface area contributed by atoms with Crippen molar-refractivity contribution in [3.8, 4) is 23.0 Å². The maximum Gasteiger partial charge on any atom is 0.262 e. The van der Waals surface area contributed by atoms with Crippen LogP contribution in [0.2, 0.25) is 0 Å². The van der Waals surface area contributed by atoms with Gasteiger partial charge in [-0.2, -0.15) is 0 Å². The van der Waals surface area contributed by atoms with E-state index < -0.39 is 0 Å². The minimum absolute atomic E-state index is 0.0430. The van der Waals surface area contributed by atoms with Crippen LogP contribution < -0.4 is 35.1 Å². The molecule has 2 N–H and O–H groups in total. The summed E-state index contributed by atoms with van der Waals surface area (Å²) in [5, 5.41) is 6.58. The molecular formula is C28H30N4O8S. The van der Waals surface area contributed by atoms with Gasteiger partial charge in [-0.25, -0.2) is 4.98 Å². The molecule has 41 heavy (non-hydrogen) atoms. The van der Waals surface area contributed by atoms with Crippen LogP contribution >= 0.6 is 11.8 Å². The molecule has 2 aromatic carbocycles. The molecule has 0 saturated carbocycles. The predicted octanol–water partition coefficient (Wildman–Crippen LogP) is 2.34. The fourth-order valence-corrected chi connectivity index (χ4v) is 5.71. The first-order chi connectivity index (χ1) is 20.0. The summed E-state index contributed by atoms with van der Waals surface area (Å²) < 4.78 is 28.7. The summed E-state index contributed by atoms with van der Waals surface area (Å²) >= 11 is 1.18. The lowest BCUT2D eigenvalue weighted by molar-refractivity contribution is -0.121. The molecule has 0 unspecified atom stereocenters. The minimum Gasteiger partial charge on any atom is -0.454 e. The molecule has 0 radical (unpaired) electrons. The molecule has 1 atom stereocenters. The predicted molar refractivity (Wildman–Crippen MR) is 148 cm³/mol. The molecular weight excluding hydrogens is 552 g/mol. The summed E-state index contributed by atoms with van der Waals surface area (Å²) in [6.07, 6.45) is 2.59. The zero-order valence-corrected chi connectivity index (χ0v) is 23.1. The average Bonchev–Trinajstić information content (AvgIpc) is 3.76. The van der Waals surface area contributed by atoms with Gasteiger partial charge in [0.15, 0.2) is 28.2 Å². The lowest BCUT2D eigenvalue weighted by atomic mass is 10.2. The van der Waals surface area contributed by atoms with Crippen LogP contribution in [0.3, 0.4) is 0 Å². The van der Waals surface area contributed by atoms with Crippen molar-refractivity contribution in [1.82, 2.24) is 20.2 Å². The van der Waals surface area contributed by atoms with E-state index in [1.807, 2.05) is 18.2 Å². The van der Waals surface area contributed by atoms with Crippen molar-refractivity contribution in [3.63, 3.8) is 0 Å². The minimum atomic E-state index is -0.267. The highest BCUT2D eigenvalue weighted by Crippen LogP contribution is 2.35. The fourth-order valence-electron chi connectivity index (χ4n) is 4.85.